The number of anilines is 1. The van der Waals surface area contributed by atoms with Crippen molar-refractivity contribution in [3.05, 3.63) is 64.6 Å². The van der Waals surface area contributed by atoms with Crippen LogP contribution >= 0.6 is 11.8 Å². The number of benzene rings is 2. The first-order valence-electron chi connectivity index (χ1n) is 8.88. The number of amides is 3. The molecule has 154 valence electrons. The number of hydrogen-bond donors (Lipinski definition) is 2. The summed E-state index contributed by atoms with van der Waals surface area (Å²) in [7, 11) is 0. The van der Waals surface area contributed by atoms with Gasteiger partial charge in [-0.3, -0.25) is 19.3 Å². The Balaban J connectivity index is 1.62. The molecular weight excluding hydrogens is 408 g/mol. The average molecular weight is 426 g/mol. The van der Waals surface area contributed by atoms with Crippen molar-refractivity contribution in [3.8, 4) is 5.75 Å². The number of carboxylic acids is 1. The fourth-order valence-electron chi connectivity index (χ4n) is 2.57. The molecule has 30 heavy (non-hydrogen) atoms. The number of ether oxygens (including phenoxy) is 1. The van der Waals surface area contributed by atoms with Gasteiger partial charge in [-0.1, -0.05) is 29.8 Å². The Morgan fingerprint density at radius 2 is 1.77 bits per heavy atom. The Bertz CT molecular complexity index is 1010. The first-order valence-corrected chi connectivity index (χ1v) is 9.70. The van der Waals surface area contributed by atoms with Gasteiger partial charge in [0, 0.05) is 5.69 Å². The van der Waals surface area contributed by atoms with Crippen molar-refractivity contribution >= 4 is 46.5 Å². The van der Waals surface area contributed by atoms with Crippen molar-refractivity contribution in [2.45, 2.75) is 6.92 Å². The fourth-order valence-corrected chi connectivity index (χ4v) is 3.41. The second-order valence-corrected chi connectivity index (χ2v) is 7.43. The molecule has 0 spiro atoms. The summed E-state index contributed by atoms with van der Waals surface area (Å²) in [5.74, 6) is -1.73. The van der Waals surface area contributed by atoms with E-state index >= 15 is 0 Å². The van der Waals surface area contributed by atoms with E-state index in [1.54, 1.807) is 36.4 Å². The van der Waals surface area contributed by atoms with Crippen LogP contribution in [0.2, 0.25) is 0 Å². The highest BCUT2D eigenvalue weighted by Crippen LogP contribution is 2.32. The minimum Gasteiger partial charge on any atom is -0.482 e. The lowest BCUT2D eigenvalue weighted by Crippen LogP contribution is -2.36. The molecule has 2 aromatic carbocycles. The Kier molecular flexibility index (Phi) is 6.53. The van der Waals surface area contributed by atoms with E-state index in [0.29, 0.717) is 17.0 Å². The second kappa shape index (κ2) is 9.27. The standard InChI is InChI=1S/C21H18N2O6S/c1-13-2-6-15(7-3-13)22-18(24)11-23-20(27)17(30-21(23)28)10-14-4-8-16(9-5-14)29-12-19(25)26/h2-10H,11-12H2,1H3,(H,22,24)(H,25,26)/b17-10+. The zero-order valence-electron chi connectivity index (χ0n) is 16.0. The molecule has 0 aliphatic carbocycles. The van der Waals surface area contributed by atoms with Crippen molar-refractivity contribution in [1.29, 1.82) is 0 Å². The molecule has 0 atom stereocenters. The van der Waals surface area contributed by atoms with Gasteiger partial charge >= 0.3 is 5.97 Å². The molecule has 2 aromatic rings. The van der Waals surface area contributed by atoms with Gasteiger partial charge in [0.15, 0.2) is 6.61 Å². The van der Waals surface area contributed by atoms with E-state index in [1.807, 2.05) is 19.1 Å². The monoisotopic (exact) mass is 426 g/mol. The van der Waals surface area contributed by atoms with Gasteiger partial charge in [0.1, 0.15) is 12.3 Å². The van der Waals surface area contributed by atoms with Crippen LogP contribution in [0.3, 0.4) is 0 Å². The maximum absolute atomic E-state index is 12.5. The van der Waals surface area contributed by atoms with E-state index in [1.165, 1.54) is 6.08 Å². The van der Waals surface area contributed by atoms with Gasteiger partial charge in [-0.05, 0) is 54.6 Å². The molecule has 1 saturated heterocycles. The highest BCUT2D eigenvalue weighted by molar-refractivity contribution is 8.18. The second-order valence-electron chi connectivity index (χ2n) is 6.43. The first kappa shape index (κ1) is 21.1. The number of carboxylic acid groups (broad SMARTS) is 1. The predicted octanol–water partition coefficient (Wildman–Crippen LogP) is 3.13. The van der Waals surface area contributed by atoms with Gasteiger partial charge in [0.25, 0.3) is 11.1 Å². The molecule has 0 aromatic heterocycles. The lowest BCUT2D eigenvalue weighted by atomic mass is 10.2. The van der Waals surface area contributed by atoms with E-state index < -0.39 is 29.6 Å². The smallest absolute Gasteiger partial charge is 0.341 e. The molecule has 0 bridgehead atoms. The zero-order chi connectivity index (χ0) is 21.7. The van der Waals surface area contributed by atoms with Crippen LogP contribution in [-0.4, -0.2) is 46.2 Å². The number of nitrogens with one attached hydrogen (secondary N) is 1. The number of aliphatic carboxylic acids is 1. The van der Waals surface area contributed by atoms with Crippen molar-refractivity contribution in [1.82, 2.24) is 4.90 Å². The summed E-state index contributed by atoms with van der Waals surface area (Å²) >= 11 is 0.755. The number of carbonyl (C=O) groups is 4. The van der Waals surface area contributed by atoms with Crippen LogP contribution < -0.4 is 10.1 Å². The molecule has 3 rings (SSSR count). The number of nitrogens with zero attached hydrogens (tertiary/aromatic N) is 1. The SMILES string of the molecule is Cc1ccc(NC(=O)CN2C(=O)S/C(=C/c3ccc(OCC(=O)O)cc3)C2=O)cc1. The molecule has 8 nitrogen and oxygen atoms in total. The van der Waals surface area contributed by atoms with Crippen LogP contribution in [0.1, 0.15) is 11.1 Å². The Hall–Kier alpha value is -3.59. The maximum Gasteiger partial charge on any atom is 0.341 e. The van der Waals surface area contributed by atoms with Crippen LogP contribution in [0.25, 0.3) is 6.08 Å². The van der Waals surface area contributed by atoms with Crippen LogP contribution in [0.5, 0.6) is 5.75 Å². The van der Waals surface area contributed by atoms with Gasteiger partial charge in [-0.25, -0.2) is 4.79 Å². The highest BCUT2D eigenvalue weighted by Gasteiger charge is 2.36. The normalized spacial score (nSPS) is 14.8. The molecule has 0 saturated carbocycles. The number of carbonyl (C=O) groups excluding carboxylic acids is 3. The number of aryl methyl sites for hydroxylation is 1. The van der Waals surface area contributed by atoms with Crippen LogP contribution in [-0.2, 0) is 14.4 Å². The van der Waals surface area contributed by atoms with Crippen LogP contribution in [0, 0.1) is 6.92 Å². The molecule has 1 aliphatic heterocycles. The minimum atomic E-state index is -1.08. The Labute approximate surface area is 176 Å². The third-order valence-corrected chi connectivity index (χ3v) is 4.96. The summed E-state index contributed by atoms with van der Waals surface area (Å²) in [5, 5.41) is 10.8. The summed E-state index contributed by atoms with van der Waals surface area (Å²) < 4.78 is 5.05. The number of hydrogen-bond acceptors (Lipinski definition) is 6. The van der Waals surface area contributed by atoms with Gasteiger partial charge in [-0.2, -0.15) is 0 Å². The Morgan fingerprint density at radius 1 is 1.10 bits per heavy atom. The molecule has 0 radical (unpaired) electrons. The molecule has 1 heterocycles. The summed E-state index contributed by atoms with van der Waals surface area (Å²) in [4.78, 5) is 48.6. The summed E-state index contributed by atoms with van der Waals surface area (Å²) in [5.41, 5.74) is 2.26. The molecule has 2 N–H and O–H groups in total. The van der Waals surface area contributed by atoms with E-state index in [4.69, 9.17) is 9.84 Å². The molecule has 3 amide bonds. The van der Waals surface area contributed by atoms with Gasteiger partial charge in [0.05, 0.1) is 4.91 Å². The molecular formula is C21H18N2O6S. The lowest BCUT2D eigenvalue weighted by Gasteiger charge is -2.12. The average Bonchev–Trinajstić information content (AvgIpc) is 2.96. The minimum absolute atomic E-state index is 0.197. The van der Waals surface area contributed by atoms with Gasteiger partial charge in [0.2, 0.25) is 5.91 Å². The van der Waals surface area contributed by atoms with E-state index in [-0.39, 0.29) is 11.4 Å². The van der Waals surface area contributed by atoms with E-state index in [2.05, 4.69) is 5.32 Å². The molecule has 1 aliphatic rings. The molecule has 9 heteroatoms. The number of rotatable bonds is 7. The van der Waals surface area contributed by atoms with Crippen LogP contribution in [0.15, 0.2) is 53.4 Å². The zero-order valence-corrected chi connectivity index (χ0v) is 16.8. The fraction of sp³-hybridized carbons (Fsp3) is 0.143. The molecule has 1 fully saturated rings. The third kappa shape index (κ3) is 5.48. The van der Waals surface area contributed by atoms with E-state index in [9.17, 15) is 19.2 Å². The summed E-state index contributed by atoms with van der Waals surface area (Å²) in [6, 6.07) is 13.6. The van der Waals surface area contributed by atoms with Crippen molar-refractivity contribution in [2.24, 2.45) is 0 Å². The highest BCUT2D eigenvalue weighted by atomic mass is 32.2. The van der Waals surface area contributed by atoms with Crippen LogP contribution in [0.4, 0.5) is 10.5 Å². The van der Waals surface area contributed by atoms with Crippen molar-refractivity contribution in [2.75, 3.05) is 18.5 Å². The molecule has 0 unspecified atom stereocenters. The quantitative estimate of drug-likeness (QED) is 0.654. The van der Waals surface area contributed by atoms with E-state index in [0.717, 1.165) is 22.2 Å². The van der Waals surface area contributed by atoms with Crippen molar-refractivity contribution in [3.63, 3.8) is 0 Å². The number of thioether (sulfide) groups is 1. The lowest BCUT2D eigenvalue weighted by molar-refractivity contribution is -0.139. The maximum atomic E-state index is 12.5. The predicted molar refractivity (Wildman–Crippen MR) is 112 cm³/mol. The Morgan fingerprint density at radius 3 is 2.40 bits per heavy atom. The number of imide groups is 1. The third-order valence-electron chi connectivity index (χ3n) is 4.05. The van der Waals surface area contributed by atoms with Gasteiger partial charge < -0.3 is 15.2 Å². The summed E-state index contributed by atoms with van der Waals surface area (Å²) in [6.07, 6.45) is 1.53. The summed E-state index contributed by atoms with van der Waals surface area (Å²) in [6.45, 7) is 1.09. The first-order chi connectivity index (χ1) is 14.3. The van der Waals surface area contributed by atoms with Gasteiger partial charge in [-0.15, -0.1) is 0 Å². The van der Waals surface area contributed by atoms with Crippen molar-refractivity contribution < 1.29 is 29.0 Å². The largest absolute Gasteiger partial charge is 0.482 e. The topological polar surface area (TPSA) is 113 Å².